The van der Waals surface area contributed by atoms with Gasteiger partial charge in [0.25, 0.3) is 0 Å². The quantitative estimate of drug-likeness (QED) is 0.745. The highest BCUT2D eigenvalue weighted by molar-refractivity contribution is 6.00. The van der Waals surface area contributed by atoms with Gasteiger partial charge in [0.05, 0.1) is 11.1 Å². The van der Waals surface area contributed by atoms with E-state index in [2.05, 4.69) is 10.6 Å². The summed E-state index contributed by atoms with van der Waals surface area (Å²) in [6.07, 6.45) is 3.60. The highest BCUT2D eigenvalue weighted by Crippen LogP contribution is 2.42. The first kappa shape index (κ1) is 11.4. The van der Waals surface area contributed by atoms with Crippen LogP contribution in [0.2, 0.25) is 0 Å². The first-order valence-corrected chi connectivity index (χ1v) is 6.15. The van der Waals surface area contributed by atoms with E-state index in [-0.39, 0.29) is 11.6 Å². The molecule has 0 atom stereocenters. The number of nitrogens with one attached hydrogen (secondary N) is 2. The van der Waals surface area contributed by atoms with Gasteiger partial charge in [-0.2, -0.15) is 0 Å². The van der Waals surface area contributed by atoms with Gasteiger partial charge in [0, 0.05) is 12.6 Å². The Balaban J connectivity index is 2.01. The average molecular weight is 252 g/mol. The van der Waals surface area contributed by atoms with Crippen LogP contribution in [0.15, 0.2) is 12.1 Å². The molecular weight excluding hydrogens is 238 g/mol. The second kappa shape index (κ2) is 3.93. The smallest absolute Gasteiger partial charge is 0.232 e. The second-order valence-corrected chi connectivity index (χ2v) is 5.11. The summed E-state index contributed by atoms with van der Waals surface area (Å²) >= 11 is 0. The fourth-order valence-corrected chi connectivity index (χ4v) is 2.89. The molecule has 1 saturated carbocycles. The van der Waals surface area contributed by atoms with Gasteiger partial charge in [-0.3, -0.25) is 4.79 Å². The van der Waals surface area contributed by atoms with Crippen molar-refractivity contribution in [1.29, 1.82) is 0 Å². The number of benzene rings is 1. The first-order valence-electron chi connectivity index (χ1n) is 6.15. The topological polar surface area (TPSA) is 41.1 Å². The summed E-state index contributed by atoms with van der Waals surface area (Å²) in [6, 6.07) is 2.00. The van der Waals surface area contributed by atoms with E-state index >= 15 is 0 Å². The third kappa shape index (κ3) is 1.65. The Labute approximate surface area is 104 Å². The Kier molecular flexibility index (Phi) is 2.50. The molecule has 96 valence electrons. The number of hydrogen-bond acceptors (Lipinski definition) is 2. The van der Waals surface area contributed by atoms with Crippen molar-refractivity contribution in [1.82, 2.24) is 0 Å². The van der Waals surface area contributed by atoms with Crippen LogP contribution >= 0.6 is 0 Å². The third-order valence-corrected chi connectivity index (χ3v) is 3.95. The Morgan fingerprint density at radius 1 is 1.17 bits per heavy atom. The van der Waals surface area contributed by atoms with Crippen LogP contribution in [-0.4, -0.2) is 12.5 Å². The number of fused-ring (bicyclic) bond motifs is 1. The van der Waals surface area contributed by atoms with Crippen LogP contribution in [0.5, 0.6) is 0 Å². The molecule has 0 aromatic heterocycles. The number of halogens is 2. The molecule has 2 N–H and O–H groups in total. The summed E-state index contributed by atoms with van der Waals surface area (Å²) in [5, 5.41) is 5.61. The molecule has 1 aliphatic heterocycles. The lowest BCUT2D eigenvalue weighted by Crippen LogP contribution is -2.37. The predicted molar refractivity (Wildman–Crippen MR) is 64.4 cm³/mol. The number of carbonyl (C=O) groups excluding carboxylic acids is 1. The summed E-state index contributed by atoms with van der Waals surface area (Å²) in [5.41, 5.74) is -0.0862. The van der Waals surface area contributed by atoms with Crippen LogP contribution in [0, 0.1) is 17.0 Å². The monoisotopic (exact) mass is 252 g/mol. The van der Waals surface area contributed by atoms with E-state index in [0.717, 1.165) is 31.7 Å². The summed E-state index contributed by atoms with van der Waals surface area (Å²) in [4.78, 5) is 12.2. The minimum atomic E-state index is -0.735. The third-order valence-electron chi connectivity index (χ3n) is 3.95. The Morgan fingerprint density at radius 3 is 2.61 bits per heavy atom. The standard InChI is InChI=1S/C13H14F2N2O/c14-8-5-9(15)11-10(6-8)16-7-13(12(18)17-11)3-1-2-4-13/h5-6,16H,1-4,7H2,(H,17,18). The van der Waals surface area contributed by atoms with E-state index in [1.54, 1.807) is 0 Å². The summed E-state index contributed by atoms with van der Waals surface area (Å²) in [5.74, 6) is -1.53. The van der Waals surface area contributed by atoms with E-state index in [9.17, 15) is 13.6 Å². The van der Waals surface area contributed by atoms with Crippen LogP contribution in [0.3, 0.4) is 0 Å². The molecule has 1 amide bonds. The minimum absolute atomic E-state index is 0.0603. The van der Waals surface area contributed by atoms with Gasteiger partial charge >= 0.3 is 0 Å². The maximum Gasteiger partial charge on any atom is 0.232 e. The van der Waals surface area contributed by atoms with Crippen LogP contribution in [0.1, 0.15) is 25.7 Å². The molecule has 1 aliphatic carbocycles. The molecule has 18 heavy (non-hydrogen) atoms. The maximum atomic E-state index is 13.7. The molecule has 1 aromatic rings. The fourth-order valence-electron chi connectivity index (χ4n) is 2.89. The molecule has 1 fully saturated rings. The van der Waals surface area contributed by atoms with Crippen LogP contribution in [0.4, 0.5) is 20.2 Å². The van der Waals surface area contributed by atoms with Crippen LogP contribution < -0.4 is 10.6 Å². The Bertz CT molecular complexity index is 510. The zero-order valence-corrected chi connectivity index (χ0v) is 9.85. The van der Waals surface area contributed by atoms with Crippen molar-refractivity contribution >= 4 is 17.3 Å². The lowest BCUT2D eigenvalue weighted by Gasteiger charge is -2.24. The van der Waals surface area contributed by atoms with Crippen molar-refractivity contribution in [3.63, 3.8) is 0 Å². The normalized spacial score (nSPS) is 21.1. The number of carbonyl (C=O) groups is 1. The molecule has 2 aliphatic rings. The van der Waals surface area contributed by atoms with E-state index < -0.39 is 17.0 Å². The molecule has 0 radical (unpaired) electrons. The zero-order chi connectivity index (χ0) is 12.8. The maximum absolute atomic E-state index is 13.7. The summed E-state index contributed by atoms with van der Waals surface area (Å²) in [7, 11) is 0. The van der Waals surface area contributed by atoms with Crippen molar-refractivity contribution in [3.8, 4) is 0 Å². The van der Waals surface area contributed by atoms with Gasteiger partial charge < -0.3 is 10.6 Å². The molecule has 3 nitrogen and oxygen atoms in total. The van der Waals surface area contributed by atoms with Crippen molar-refractivity contribution < 1.29 is 13.6 Å². The van der Waals surface area contributed by atoms with Gasteiger partial charge in [0.1, 0.15) is 11.5 Å². The van der Waals surface area contributed by atoms with Crippen molar-refractivity contribution in [2.45, 2.75) is 25.7 Å². The lowest BCUT2D eigenvalue weighted by molar-refractivity contribution is -0.124. The molecule has 3 rings (SSSR count). The molecule has 0 unspecified atom stereocenters. The highest BCUT2D eigenvalue weighted by Gasteiger charge is 2.43. The van der Waals surface area contributed by atoms with Gasteiger partial charge in [-0.25, -0.2) is 8.78 Å². The summed E-state index contributed by atoms with van der Waals surface area (Å²) in [6.45, 7) is 0.439. The van der Waals surface area contributed by atoms with E-state index in [1.807, 2.05) is 0 Å². The minimum Gasteiger partial charge on any atom is -0.382 e. The Hall–Kier alpha value is -1.65. The van der Waals surface area contributed by atoms with Crippen LogP contribution in [-0.2, 0) is 4.79 Å². The van der Waals surface area contributed by atoms with Gasteiger partial charge in [0.15, 0.2) is 5.82 Å². The van der Waals surface area contributed by atoms with Gasteiger partial charge in [-0.05, 0) is 18.9 Å². The molecule has 5 heteroatoms. The van der Waals surface area contributed by atoms with Crippen LogP contribution in [0.25, 0.3) is 0 Å². The number of anilines is 2. The molecule has 1 spiro atoms. The number of amides is 1. The molecule has 0 bridgehead atoms. The highest BCUT2D eigenvalue weighted by atomic mass is 19.1. The van der Waals surface area contributed by atoms with E-state index in [0.29, 0.717) is 12.2 Å². The first-order chi connectivity index (χ1) is 8.61. The van der Waals surface area contributed by atoms with Crippen molar-refractivity contribution in [2.75, 3.05) is 17.2 Å². The number of hydrogen-bond donors (Lipinski definition) is 2. The summed E-state index contributed by atoms with van der Waals surface area (Å²) < 4.78 is 26.8. The predicted octanol–water partition coefficient (Wildman–Crippen LogP) is 2.89. The van der Waals surface area contributed by atoms with Gasteiger partial charge in [0.2, 0.25) is 5.91 Å². The van der Waals surface area contributed by atoms with Crippen molar-refractivity contribution in [3.05, 3.63) is 23.8 Å². The second-order valence-electron chi connectivity index (χ2n) is 5.11. The fraction of sp³-hybridized carbons (Fsp3) is 0.462. The van der Waals surface area contributed by atoms with Gasteiger partial charge in [-0.15, -0.1) is 0 Å². The van der Waals surface area contributed by atoms with Gasteiger partial charge in [-0.1, -0.05) is 12.8 Å². The molecule has 1 heterocycles. The van der Waals surface area contributed by atoms with E-state index in [4.69, 9.17) is 0 Å². The lowest BCUT2D eigenvalue weighted by atomic mass is 9.85. The average Bonchev–Trinajstić information content (AvgIpc) is 2.74. The zero-order valence-electron chi connectivity index (χ0n) is 9.85. The number of rotatable bonds is 0. The SMILES string of the molecule is O=C1Nc2c(F)cc(F)cc2NCC12CCCC2. The largest absolute Gasteiger partial charge is 0.382 e. The molecule has 0 saturated heterocycles. The van der Waals surface area contributed by atoms with E-state index in [1.165, 1.54) is 6.07 Å². The van der Waals surface area contributed by atoms with Crippen molar-refractivity contribution in [2.24, 2.45) is 5.41 Å². The Morgan fingerprint density at radius 2 is 1.89 bits per heavy atom. The molecular formula is C13H14F2N2O. The molecule has 1 aromatic carbocycles.